The Morgan fingerprint density at radius 2 is 1.34 bits per heavy atom. The quantitative estimate of drug-likeness (QED) is 0.158. The van der Waals surface area contributed by atoms with E-state index in [-0.39, 0.29) is 0 Å². The normalized spacial score (nSPS) is 10.8. The van der Waals surface area contributed by atoms with Gasteiger partial charge < -0.3 is 20.1 Å². The highest BCUT2D eigenvalue weighted by Gasteiger charge is 2.21. The van der Waals surface area contributed by atoms with Gasteiger partial charge in [0.2, 0.25) is 0 Å². The molecule has 0 heterocycles. The summed E-state index contributed by atoms with van der Waals surface area (Å²) in [7, 11) is 1.56. The second-order valence-corrected chi connectivity index (χ2v) is 9.80. The highest BCUT2D eigenvalue weighted by Crippen LogP contribution is 2.30. The second kappa shape index (κ2) is 15.3. The molecule has 2 amide bonds. The zero-order chi connectivity index (χ0) is 27.3. The average molecular weight is 558 g/mol. The Kier molecular flexibility index (Phi) is 11.8. The standard InChI is InChI=1S/C30H34Cl2N2O4/c1-3-4-5-6-7-8-17-38-26-16-15-21(20-27(26)37-2)28(33-29(35)22-11-9-13-24(31)18-22)34-30(36)23-12-10-14-25(32)19-23/h9-16,18-20,28H,3-8,17H2,1-2H3,(H,33,35)(H,34,36). The maximum Gasteiger partial charge on any atom is 0.253 e. The van der Waals surface area contributed by atoms with Crippen molar-refractivity contribution in [2.75, 3.05) is 13.7 Å². The number of halogens is 2. The van der Waals surface area contributed by atoms with Gasteiger partial charge in [0.1, 0.15) is 6.17 Å². The van der Waals surface area contributed by atoms with Crippen molar-refractivity contribution in [1.29, 1.82) is 0 Å². The maximum absolute atomic E-state index is 13.0. The van der Waals surface area contributed by atoms with Crippen molar-refractivity contribution in [3.05, 3.63) is 93.5 Å². The zero-order valence-electron chi connectivity index (χ0n) is 21.8. The fourth-order valence-corrected chi connectivity index (χ4v) is 4.32. The fourth-order valence-electron chi connectivity index (χ4n) is 3.94. The number of rotatable bonds is 14. The molecule has 6 nitrogen and oxygen atoms in total. The Balaban J connectivity index is 1.77. The molecule has 38 heavy (non-hydrogen) atoms. The number of methoxy groups -OCH3 is 1. The highest BCUT2D eigenvalue weighted by atomic mass is 35.5. The van der Waals surface area contributed by atoms with E-state index in [0.717, 1.165) is 12.8 Å². The molecular weight excluding hydrogens is 523 g/mol. The SMILES string of the molecule is CCCCCCCCOc1ccc(C(NC(=O)c2cccc(Cl)c2)NC(=O)c2cccc(Cl)c2)cc1OC. The zero-order valence-corrected chi connectivity index (χ0v) is 23.3. The van der Waals surface area contributed by atoms with Gasteiger partial charge in [-0.2, -0.15) is 0 Å². The number of carbonyl (C=O) groups excluding carboxylic acids is 2. The summed E-state index contributed by atoms with van der Waals surface area (Å²) in [5, 5.41) is 6.63. The molecule has 0 saturated heterocycles. The van der Waals surface area contributed by atoms with Gasteiger partial charge in [-0.15, -0.1) is 0 Å². The lowest BCUT2D eigenvalue weighted by Crippen LogP contribution is -2.41. The molecule has 0 spiro atoms. The number of hydrogen-bond donors (Lipinski definition) is 2. The fraction of sp³-hybridized carbons (Fsp3) is 0.333. The lowest BCUT2D eigenvalue weighted by molar-refractivity contribution is 0.0883. The molecule has 0 fully saturated rings. The van der Waals surface area contributed by atoms with E-state index in [0.29, 0.717) is 44.8 Å². The first-order valence-electron chi connectivity index (χ1n) is 12.8. The summed E-state index contributed by atoms with van der Waals surface area (Å²) < 4.78 is 11.5. The highest BCUT2D eigenvalue weighted by molar-refractivity contribution is 6.31. The molecule has 202 valence electrons. The third-order valence-electron chi connectivity index (χ3n) is 6.00. The van der Waals surface area contributed by atoms with Crippen molar-refractivity contribution in [2.45, 2.75) is 51.6 Å². The van der Waals surface area contributed by atoms with Gasteiger partial charge in [-0.05, 0) is 60.5 Å². The molecule has 0 aromatic heterocycles. The number of amides is 2. The lowest BCUT2D eigenvalue weighted by Gasteiger charge is -2.22. The van der Waals surface area contributed by atoms with Crippen molar-refractivity contribution in [3.8, 4) is 11.5 Å². The molecule has 3 aromatic carbocycles. The number of benzene rings is 3. The summed E-state index contributed by atoms with van der Waals surface area (Å²) >= 11 is 12.1. The number of carbonyl (C=O) groups is 2. The first-order valence-corrected chi connectivity index (χ1v) is 13.6. The van der Waals surface area contributed by atoms with Crippen LogP contribution < -0.4 is 20.1 Å². The molecule has 0 saturated carbocycles. The van der Waals surface area contributed by atoms with Crippen LogP contribution in [0.3, 0.4) is 0 Å². The Hall–Kier alpha value is -3.22. The van der Waals surface area contributed by atoms with Gasteiger partial charge in [0.05, 0.1) is 13.7 Å². The van der Waals surface area contributed by atoms with Crippen molar-refractivity contribution in [3.63, 3.8) is 0 Å². The van der Waals surface area contributed by atoms with E-state index >= 15 is 0 Å². The van der Waals surface area contributed by atoms with E-state index in [2.05, 4.69) is 17.6 Å². The van der Waals surface area contributed by atoms with Crippen molar-refractivity contribution in [2.24, 2.45) is 0 Å². The Labute approximate surface area is 234 Å². The van der Waals surface area contributed by atoms with Crippen LogP contribution in [-0.4, -0.2) is 25.5 Å². The van der Waals surface area contributed by atoms with Crippen LogP contribution in [0.25, 0.3) is 0 Å². The smallest absolute Gasteiger partial charge is 0.253 e. The molecular formula is C30H34Cl2N2O4. The maximum atomic E-state index is 13.0. The van der Waals surface area contributed by atoms with Crippen molar-refractivity contribution < 1.29 is 19.1 Å². The molecule has 0 bridgehead atoms. The molecule has 0 aliphatic carbocycles. The monoisotopic (exact) mass is 556 g/mol. The van der Waals surface area contributed by atoms with Crippen LogP contribution in [0.1, 0.15) is 77.9 Å². The molecule has 3 aromatic rings. The van der Waals surface area contributed by atoms with E-state index in [4.69, 9.17) is 32.7 Å². The minimum atomic E-state index is -0.866. The third kappa shape index (κ3) is 8.96. The van der Waals surface area contributed by atoms with Gasteiger partial charge in [0, 0.05) is 21.2 Å². The van der Waals surface area contributed by atoms with Crippen LogP contribution >= 0.6 is 23.2 Å². The molecule has 0 atom stereocenters. The van der Waals surface area contributed by atoms with Gasteiger partial charge in [-0.3, -0.25) is 9.59 Å². The van der Waals surface area contributed by atoms with Crippen LogP contribution in [-0.2, 0) is 0 Å². The molecule has 3 rings (SSSR count). The number of hydrogen-bond acceptors (Lipinski definition) is 4. The van der Waals surface area contributed by atoms with E-state index in [1.807, 2.05) is 0 Å². The van der Waals surface area contributed by atoms with Gasteiger partial charge in [0.15, 0.2) is 11.5 Å². The van der Waals surface area contributed by atoms with E-state index in [9.17, 15) is 9.59 Å². The Morgan fingerprint density at radius 1 is 0.763 bits per heavy atom. The van der Waals surface area contributed by atoms with Crippen molar-refractivity contribution >= 4 is 35.0 Å². The Bertz CT molecular complexity index is 1160. The third-order valence-corrected chi connectivity index (χ3v) is 6.47. The summed E-state index contributed by atoms with van der Waals surface area (Å²) in [5.41, 5.74) is 1.34. The van der Waals surface area contributed by atoms with E-state index < -0.39 is 18.0 Å². The first kappa shape index (κ1) is 29.3. The first-order chi connectivity index (χ1) is 18.4. The predicted molar refractivity (Wildman–Crippen MR) is 152 cm³/mol. The summed E-state index contributed by atoms with van der Waals surface area (Å²) in [4.78, 5) is 26.1. The van der Waals surface area contributed by atoms with Gasteiger partial charge in [-0.25, -0.2) is 0 Å². The van der Waals surface area contributed by atoms with Gasteiger partial charge >= 0.3 is 0 Å². The molecule has 0 aliphatic heterocycles. The van der Waals surface area contributed by atoms with E-state index in [1.165, 1.54) is 25.7 Å². The van der Waals surface area contributed by atoms with Crippen LogP contribution in [0.15, 0.2) is 66.7 Å². The minimum Gasteiger partial charge on any atom is -0.493 e. The van der Waals surface area contributed by atoms with Crippen LogP contribution in [0.4, 0.5) is 0 Å². The lowest BCUT2D eigenvalue weighted by atomic mass is 10.1. The average Bonchev–Trinajstić information content (AvgIpc) is 2.92. The largest absolute Gasteiger partial charge is 0.493 e. The van der Waals surface area contributed by atoms with Crippen LogP contribution in [0.2, 0.25) is 10.0 Å². The predicted octanol–water partition coefficient (Wildman–Crippen LogP) is 7.60. The van der Waals surface area contributed by atoms with Crippen LogP contribution in [0, 0.1) is 0 Å². The topological polar surface area (TPSA) is 76.7 Å². The van der Waals surface area contributed by atoms with E-state index in [1.54, 1.807) is 73.8 Å². The number of unbranched alkanes of at least 4 members (excludes halogenated alkanes) is 5. The number of ether oxygens (including phenoxy) is 2. The van der Waals surface area contributed by atoms with Crippen molar-refractivity contribution in [1.82, 2.24) is 10.6 Å². The Morgan fingerprint density at radius 3 is 1.89 bits per heavy atom. The van der Waals surface area contributed by atoms with Crippen LogP contribution in [0.5, 0.6) is 11.5 Å². The summed E-state index contributed by atoms with van der Waals surface area (Å²) in [5.74, 6) is 0.316. The molecule has 2 N–H and O–H groups in total. The second-order valence-electron chi connectivity index (χ2n) is 8.93. The molecule has 0 unspecified atom stereocenters. The molecule has 0 radical (unpaired) electrons. The van der Waals surface area contributed by atoms with Gasteiger partial charge in [-0.1, -0.05) is 80.4 Å². The summed E-state index contributed by atoms with van der Waals surface area (Å²) in [6.07, 6.45) is 6.15. The number of nitrogens with one attached hydrogen (secondary N) is 2. The summed E-state index contributed by atoms with van der Waals surface area (Å²) in [6.45, 7) is 2.79. The molecule has 0 aliphatic rings. The molecule has 8 heteroatoms. The van der Waals surface area contributed by atoms with Gasteiger partial charge in [0.25, 0.3) is 11.8 Å². The minimum absolute atomic E-state index is 0.366. The summed E-state index contributed by atoms with van der Waals surface area (Å²) in [6, 6.07) is 18.5.